The Morgan fingerprint density at radius 2 is 1.90 bits per heavy atom. The van der Waals surface area contributed by atoms with Crippen LogP contribution in [0.3, 0.4) is 0 Å². The first kappa shape index (κ1) is 18.7. The Hall–Kier alpha value is -3.68. The van der Waals surface area contributed by atoms with Crippen LogP contribution in [0.5, 0.6) is 11.5 Å². The van der Waals surface area contributed by atoms with Crippen molar-refractivity contribution >= 4 is 11.7 Å². The van der Waals surface area contributed by atoms with Crippen LogP contribution in [0.1, 0.15) is 21.6 Å². The summed E-state index contributed by atoms with van der Waals surface area (Å²) in [5.74, 6) is 1.85. The molecule has 3 aromatic rings. The van der Waals surface area contributed by atoms with Crippen LogP contribution in [-0.2, 0) is 13.0 Å². The summed E-state index contributed by atoms with van der Waals surface area (Å²) in [5, 5.41) is 2.88. The lowest BCUT2D eigenvalue weighted by Crippen LogP contribution is -2.26. The number of hydrogen-bond donors (Lipinski definition) is 1. The molecule has 1 aliphatic rings. The monoisotopic (exact) mass is 391 g/mol. The highest BCUT2D eigenvalue weighted by molar-refractivity contribution is 5.92. The summed E-state index contributed by atoms with van der Waals surface area (Å²) < 4.78 is 10.7. The van der Waals surface area contributed by atoms with Crippen LogP contribution >= 0.6 is 0 Å². The van der Waals surface area contributed by atoms with Gasteiger partial charge in [0.15, 0.2) is 11.5 Å². The molecule has 2 aromatic heterocycles. The average Bonchev–Trinajstić information content (AvgIpc) is 3.24. The average molecular weight is 391 g/mol. The number of hydrogen-bond acceptors (Lipinski definition) is 7. The maximum atomic E-state index is 12.5. The zero-order valence-corrected chi connectivity index (χ0v) is 16.0. The van der Waals surface area contributed by atoms with E-state index in [4.69, 9.17) is 9.47 Å². The van der Waals surface area contributed by atoms with Gasteiger partial charge in [-0.25, -0.2) is 9.97 Å². The summed E-state index contributed by atoms with van der Waals surface area (Å²) in [4.78, 5) is 26.9. The second-order valence-corrected chi connectivity index (χ2v) is 6.66. The Balaban J connectivity index is 1.35. The predicted molar refractivity (Wildman–Crippen MR) is 107 cm³/mol. The van der Waals surface area contributed by atoms with E-state index >= 15 is 0 Å². The first-order valence-electron chi connectivity index (χ1n) is 9.28. The lowest BCUT2D eigenvalue weighted by Gasteiger charge is -2.18. The number of rotatable bonds is 7. The van der Waals surface area contributed by atoms with Gasteiger partial charge in [0.1, 0.15) is 17.8 Å². The van der Waals surface area contributed by atoms with Crippen molar-refractivity contribution in [1.82, 2.24) is 20.3 Å². The molecular formula is C21H21N5O3. The molecule has 3 heterocycles. The van der Waals surface area contributed by atoms with Crippen molar-refractivity contribution in [3.05, 3.63) is 71.9 Å². The molecule has 0 saturated heterocycles. The zero-order chi connectivity index (χ0) is 20.1. The number of aromatic nitrogens is 3. The largest absolute Gasteiger partial charge is 0.454 e. The second kappa shape index (κ2) is 8.55. The number of fused-ring (bicyclic) bond motifs is 1. The maximum Gasteiger partial charge on any atom is 0.270 e. The van der Waals surface area contributed by atoms with Crippen LogP contribution in [0.15, 0.2) is 55.1 Å². The van der Waals surface area contributed by atoms with E-state index in [0.29, 0.717) is 23.8 Å². The van der Waals surface area contributed by atoms with E-state index in [0.717, 1.165) is 24.3 Å². The summed E-state index contributed by atoms with van der Waals surface area (Å²) in [5.41, 5.74) is 2.44. The molecule has 0 fully saturated rings. The van der Waals surface area contributed by atoms with Gasteiger partial charge in [0.2, 0.25) is 6.79 Å². The van der Waals surface area contributed by atoms with Gasteiger partial charge < -0.3 is 19.7 Å². The van der Waals surface area contributed by atoms with Crippen molar-refractivity contribution in [2.45, 2.75) is 13.0 Å². The van der Waals surface area contributed by atoms with E-state index in [1.165, 1.54) is 11.9 Å². The first-order valence-corrected chi connectivity index (χ1v) is 9.28. The van der Waals surface area contributed by atoms with Gasteiger partial charge in [-0.3, -0.25) is 9.78 Å². The molecule has 0 saturated carbocycles. The molecule has 0 unspecified atom stereocenters. The molecule has 0 atom stereocenters. The summed E-state index contributed by atoms with van der Waals surface area (Å²) in [6, 6.07) is 11.3. The Labute approximate surface area is 168 Å². The third kappa shape index (κ3) is 4.60. The van der Waals surface area contributed by atoms with Crippen LogP contribution in [0.4, 0.5) is 5.82 Å². The summed E-state index contributed by atoms with van der Waals surface area (Å²) in [6.45, 7) is 1.36. The molecule has 1 N–H and O–H groups in total. The lowest BCUT2D eigenvalue weighted by molar-refractivity contribution is 0.0945. The number of anilines is 1. The van der Waals surface area contributed by atoms with E-state index in [-0.39, 0.29) is 12.7 Å². The molecule has 148 valence electrons. The van der Waals surface area contributed by atoms with Crippen LogP contribution in [0, 0.1) is 0 Å². The molecule has 8 nitrogen and oxygen atoms in total. The molecule has 1 aliphatic heterocycles. The van der Waals surface area contributed by atoms with Crippen LogP contribution in [-0.4, -0.2) is 41.2 Å². The topological polar surface area (TPSA) is 89.5 Å². The van der Waals surface area contributed by atoms with Gasteiger partial charge in [-0.05, 0) is 41.8 Å². The predicted octanol–water partition coefficient (Wildman–Crippen LogP) is 2.21. The number of benzene rings is 1. The molecular weight excluding hydrogens is 370 g/mol. The Bertz CT molecular complexity index is 997. The van der Waals surface area contributed by atoms with Crippen LogP contribution in [0.2, 0.25) is 0 Å². The third-order valence-corrected chi connectivity index (χ3v) is 4.65. The van der Waals surface area contributed by atoms with Gasteiger partial charge in [-0.15, -0.1) is 0 Å². The second-order valence-electron chi connectivity index (χ2n) is 6.66. The van der Waals surface area contributed by atoms with Gasteiger partial charge in [0, 0.05) is 38.6 Å². The van der Waals surface area contributed by atoms with E-state index < -0.39 is 0 Å². The quantitative estimate of drug-likeness (QED) is 0.660. The SMILES string of the molecule is CN(CCc1ccncc1)c1cc(C(=O)NCc2ccc3c(c2)OCO3)ncn1. The molecule has 8 heteroatoms. The van der Waals surface area contributed by atoms with Crippen molar-refractivity contribution in [2.24, 2.45) is 0 Å². The molecule has 29 heavy (non-hydrogen) atoms. The number of nitrogens with zero attached hydrogens (tertiary/aromatic N) is 4. The fourth-order valence-electron chi connectivity index (χ4n) is 2.96. The summed E-state index contributed by atoms with van der Waals surface area (Å²) in [7, 11) is 1.94. The van der Waals surface area contributed by atoms with Gasteiger partial charge >= 0.3 is 0 Å². The first-order chi connectivity index (χ1) is 14.2. The number of amides is 1. The van der Waals surface area contributed by atoms with Crippen molar-refractivity contribution < 1.29 is 14.3 Å². The lowest BCUT2D eigenvalue weighted by atomic mass is 10.2. The van der Waals surface area contributed by atoms with Crippen molar-refractivity contribution in [1.29, 1.82) is 0 Å². The Morgan fingerprint density at radius 3 is 2.76 bits per heavy atom. The van der Waals surface area contributed by atoms with Gasteiger partial charge in [0.25, 0.3) is 5.91 Å². The molecule has 4 rings (SSSR count). The van der Waals surface area contributed by atoms with Crippen molar-refractivity contribution in [3.8, 4) is 11.5 Å². The molecule has 1 aromatic carbocycles. The Kier molecular flexibility index (Phi) is 5.51. The zero-order valence-electron chi connectivity index (χ0n) is 16.0. The maximum absolute atomic E-state index is 12.5. The number of likely N-dealkylation sites (N-methyl/N-ethyl adjacent to an activating group) is 1. The normalized spacial score (nSPS) is 11.9. The van der Waals surface area contributed by atoms with Gasteiger partial charge in [-0.2, -0.15) is 0 Å². The van der Waals surface area contributed by atoms with Crippen LogP contribution < -0.4 is 19.7 Å². The van der Waals surface area contributed by atoms with E-state index in [9.17, 15) is 4.79 Å². The molecule has 0 aliphatic carbocycles. The van der Waals surface area contributed by atoms with E-state index in [1.807, 2.05) is 42.3 Å². The van der Waals surface area contributed by atoms with Crippen molar-refractivity contribution in [2.75, 3.05) is 25.3 Å². The summed E-state index contributed by atoms with van der Waals surface area (Å²) >= 11 is 0. The standard InChI is InChI=1S/C21H21N5O3/c1-26(9-6-15-4-7-22-8-5-15)20-11-17(24-13-25-20)21(27)23-12-16-2-3-18-19(10-16)29-14-28-18/h2-5,7-8,10-11,13H,6,9,12,14H2,1H3,(H,23,27). The minimum atomic E-state index is -0.256. The molecule has 0 radical (unpaired) electrons. The highest BCUT2D eigenvalue weighted by Gasteiger charge is 2.15. The fourth-order valence-corrected chi connectivity index (χ4v) is 2.96. The van der Waals surface area contributed by atoms with E-state index in [1.54, 1.807) is 18.5 Å². The smallest absolute Gasteiger partial charge is 0.270 e. The van der Waals surface area contributed by atoms with E-state index in [2.05, 4.69) is 20.3 Å². The highest BCUT2D eigenvalue weighted by atomic mass is 16.7. The van der Waals surface area contributed by atoms with Crippen LogP contribution in [0.25, 0.3) is 0 Å². The number of carbonyl (C=O) groups is 1. The summed E-state index contributed by atoms with van der Waals surface area (Å²) in [6.07, 6.45) is 5.83. The minimum absolute atomic E-state index is 0.226. The number of nitrogens with one attached hydrogen (secondary N) is 1. The minimum Gasteiger partial charge on any atom is -0.454 e. The number of ether oxygens (including phenoxy) is 2. The Morgan fingerprint density at radius 1 is 1.07 bits per heavy atom. The fraction of sp³-hybridized carbons (Fsp3) is 0.238. The highest BCUT2D eigenvalue weighted by Crippen LogP contribution is 2.32. The number of carbonyl (C=O) groups excluding carboxylic acids is 1. The third-order valence-electron chi connectivity index (χ3n) is 4.65. The number of pyridine rings is 1. The molecule has 0 spiro atoms. The van der Waals surface area contributed by atoms with Gasteiger partial charge in [-0.1, -0.05) is 6.07 Å². The molecule has 0 bridgehead atoms. The molecule has 1 amide bonds. The van der Waals surface area contributed by atoms with Gasteiger partial charge in [0.05, 0.1) is 0 Å². The van der Waals surface area contributed by atoms with Crippen molar-refractivity contribution in [3.63, 3.8) is 0 Å².